The molecule has 72 valence electrons. The summed E-state index contributed by atoms with van der Waals surface area (Å²) in [5.74, 6) is 0. The predicted molar refractivity (Wildman–Crippen MR) is 55.4 cm³/mol. The Hall–Kier alpha value is -0.970. The Balaban J connectivity index is 2.34. The lowest BCUT2D eigenvalue weighted by atomic mass is 10.1. The zero-order chi connectivity index (χ0) is 9.97. The van der Waals surface area contributed by atoms with Crippen LogP contribution in [0.15, 0.2) is 29.9 Å². The smallest absolute Gasteiger partial charge is 0.116 e. The van der Waals surface area contributed by atoms with Gasteiger partial charge in [0.1, 0.15) is 6.10 Å². The molecule has 0 saturated heterocycles. The quantitative estimate of drug-likeness (QED) is 0.855. The normalized spacial score (nSPS) is 12.7. The minimum atomic E-state index is -0.710. The van der Waals surface area contributed by atoms with Crippen molar-refractivity contribution in [2.75, 3.05) is 0 Å². The summed E-state index contributed by atoms with van der Waals surface area (Å²) < 4.78 is 0. The molecule has 14 heavy (non-hydrogen) atoms. The summed E-state index contributed by atoms with van der Waals surface area (Å²) in [5.41, 5.74) is 0.698. The first-order valence-electron chi connectivity index (χ1n) is 3.96. The highest BCUT2D eigenvalue weighted by molar-refractivity contribution is 7.10. The molecule has 2 aromatic heterocycles. The first-order chi connectivity index (χ1) is 6.79. The molecule has 2 heterocycles. The molecule has 3 nitrogen and oxygen atoms in total. The number of aliphatic hydroxyl groups excluding tert-OH is 1. The van der Waals surface area contributed by atoms with E-state index in [1.54, 1.807) is 18.3 Å². The molecule has 0 radical (unpaired) electrons. The molecule has 0 spiro atoms. The molecule has 1 N–H and O–H groups in total. The van der Waals surface area contributed by atoms with Gasteiger partial charge in [-0.1, -0.05) is 11.6 Å². The average molecular weight is 227 g/mol. The fourth-order valence-corrected chi connectivity index (χ4v) is 2.29. The van der Waals surface area contributed by atoms with Gasteiger partial charge < -0.3 is 5.11 Å². The summed E-state index contributed by atoms with van der Waals surface area (Å²) in [6, 6.07) is 3.48. The number of hydrogen-bond acceptors (Lipinski definition) is 4. The van der Waals surface area contributed by atoms with Crippen LogP contribution in [0.25, 0.3) is 0 Å². The SMILES string of the molecule is OC(c1ccnnc1)c1sccc1Cl. The second kappa shape index (κ2) is 4.04. The number of thiophene rings is 1. The molecule has 0 amide bonds. The van der Waals surface area contributed by atoms with Gasteiger partial charge in [0.2, 0.25) is 0 Å². The minimum Gasteiger partial charge on any atom is -0.383 e. The molecule has 0 bridgehead atoms. The van der Waals surface area contributed by atoms with Crippen LogP contribution < -0.4 is 0 Å². The Morgan fingerprint density at radius 1 is 1.36 bits per heavy atom. The highest BCUT2D eigenvalue weighted by Crippen LogP contribution is 2.31. The molecule has 5 heteroatoms. The largest absolute Gasteiger partial charge is 0.383 e. The zero-order valence-electron chi connectivity index (χ0n) is 7.09. The van der Waals surface area contributed by atoms with Crippen molar-refractivity contribution in [3.8, 4) is 0 Å². The van der Waals surface area contributed by atoms with Gasteiger partial charge in [-0.3, -0.25) is 0 Å². The summed E-state index contributed by atoms with van der Waals surface area (Å²) in [5, 5.41) is 19.7. The number of aromatic nitrogens is 2. The number of aliphatic hydroxyl groups is 1. The number of halogens is 1. The van der Waals surface area contributed by atoms with Gasteiger partial charge in [0.05, 0.1) is 16.1 Å². The van der Waals surface area contributed by atoms with Gasteiger partial charge >= 0.3 is 0 Å². The van der Waals surface area contributed by atoms with Crippen LogP contribution in [-0.4, -0.2) is 15.3 Å². The van der Waals surface area contributed by atoms with Crippen LogP contribution in [0.2, 0.25) is 5.02 Å². The molecule has 0 aliphatic carbocycles. The van der Waals surface area contributed by atoms with Crippen molar-refractivity contribution in [2.24, 2.45) is 0 Å². The molecule has 0 aliphatic heterocycles. The second-order valence-electron chi connectivity index (χ2n) is 2.71. The summed E-state index contributed by atoms with van der Waals surface area (Å²) in [6.45, 7) is 0. The van der Waals surface area contributed by atoms with Gasteiger partial charge in [-0.05, 0) is 17.5 Å². The summed E-state index contributed by atoms with van der Waals surface area (Å²) >= 11 is 7.32. The Kier molecular flexibility index (Phi) is 2.77. The molecule has 1 atom stereocenters. The van der Waals surface area contributed by atoms with Crippen LogP contribution in [0.1, 0.15) is 16.5 Å². The third-order valence-electron chi connectivity index (χ3n) is 1.82. The van der Waals surface area contributed by atoms with Crippen molar-refractivity contribution in [3.63, 3.8) is 0 Å². The molecule has 2 rings (SSSR count). The summed E-state index contributed by atoms with van der Waals surface area (Å²) in [7, 11) is 0. The van der Waals surface area contributed by atoms with Crippen molar-refractivity contribution in [1.82, 2.24) is 10.2 Å². The van der Waals surface area contributed by atoms with E-state index >= 15 is 0 Å². The minimum absolute atomic E-state index is 0.583. The van der Waals surface area contributed by atoms with E-state index in [-0.39, 0.29) is 0 Å². The second-order valence-corrected chi connectivity index (χ2v) is 4.07. The molecule has 2 aromatic rings. The van der Waals surface area contributed by atoms with Gasteiger partial charge in [0, 0.05) is 11.8 Å². The zero-order valence-corrected chi connectivity index (χ0v) is 8.66. The van der Waals surface area contributed by atoms with Gasteiger partial charge in [-0.2, -0.15) is 10.2 Å². The lowest BCUT2D eigenvalue weighted by molar-refractivity contribution is 0.223. The maximum absolute atomic E-state index is 9.92. The highest BCUT2D eigenvalue weighted by atomic mass is 35.5. The standard InChI is InChI=1S/C9H7ClN2OS/c10-7-2-4-14-9(7)8(13)6-1-3-11-12-5-6/h1-5,8,13H. The van der Waals surface area contributed by atoms with Crippen molar-refractivity contribution in [2.45, 2.75) is 6.10 Å². The molecular formula is C9H7ClN2OS. The van der Waals surface area contributed by atoms with Gasteiger partial charge in [-0.15, -0.1) is 11.3 Å². The van der Waals surface area contributed by atoms with Crippen LogP contribution in [0, 0.1) is 0 Å². The lowest BCUT2D eigenvalue weighted by Gasteiger charge is -2.07. The Morgan fingerprint density at radius 2 is 2.21 bits per heavy atom. The maximum atomic E-state index is 9.92. The third kappa shape index (κ3) is 1.77. The monoisotopic (exact) mass is 226 g/mol. The fourth-order valence-electron chi connectivity index (χ4n) is 1.11. The summed E-state index contributed by atoms with van der Waals surface area (Å²) in [4.78, 5) is 0.736. The third-order valence-corrected chi connectivity index (χ3v) is 3.23. The highest BCUT2D eigenvalue weighted by Gasteiger charge is 2.15. The van der Waals surface area contributed by atoms with E-state index in [0.29, 0.717) is 10.6 Å². The molecule has 0 aliphatic rings. The first kappa shape index (κ1) is 9.58. The molecule has 0 saturated carbocycles. The predicted octanol–water partition coefficient (Wildman–Crippen LogP) is 2.27. The number of hydrogen-bond donors (Lipinski definition) is 1. The van der Waals surface area contributed by atoms with E-state index in [1.807, 2.05) is 5.38 Å². The summed E-state index contributed by atoms with van der Waals surface area (Å²) in [6.07, 6.45) is 2.36. The fraction of sp³-hybridized carbons (Fsp3) is 0.111. The number of nitrogens with zero attached hydrogens (tertiary/aromatic N) is 2. The van der Waals surface area contributed by atoms with E-state index in [9.17, 15) is 5.11 Å². The lowest BCUT2D eigenvalue weighted by Crippen LogP contribution is -1.98. The van der Waals surface area contributed by atoms with Crippen LogP contribution in [0.5, 0.6) is 0 Å². The van der Waals surface area contributed by atoms with Crippen LogP contribution in [0.4, 0.5) is 0 Å². The van der Waals surface area contributed by atoms with Crippen LogP contribution >= 0.6 is 22.9 Å². The average Bonchev–Trinajstić information content (AvgIpc) is 2.65. The molecular weight excluding hydrogens is 220 g/mol. The van der Waals surface area contributed by atoms with Crippen molar-refractivity contribution < 1.29 is 5.11 Å². The molecule has 1 unspecified atom stereocenters. The maximum Gasteiger partial charge on any atom is 0.116 e. The van der Waals surface area contributed by atoms with E-state index < -0.39 is 6.10 Å². The molecule has 0 aromatic carbocycles. The van der Waals surface area contributed by atoms with Crippen LogP contribution in [0.3, 0.4) is 0 Å². The van der Waals surface area contributed by atoms with Gasteiger partial charge in [0.25, 0.3) is 0 Å². The topological polar surface area (TPSA) is 46.0 Å². The van der Waals surface area contributed by atoms with E-state index in [1.165, 1.54) is 17.5 Å². The van der Waals surface area contributed by atoms with E-state index in [0.717, 1.165) is 4.88 Å². The van der Waals surface area contributed by atoms with E-state index in [4.69, 9.17) is 11.6 Å². The van der Waals surface area contributed by atoms with Gasteiger partial charge in [-0.25, -0.2) is 0 Å². The van der Waals surface area contributed by atoms with Crippen molar-refractivity contribution >= 4 is 22.9 Å². The van der Waals surface area contributed by atoms with Crippen LogP contribution in [-0.2, 0) is 0 Å². The number of rotatable bonds is 2. The Bertz CT molecular complexity index is 418. The van der Waals surface area contributed by atoms with Crippen molar-refractivity contribution in [3.05, 3.63) is 45.4 Å². The Morgan fingerprint density at radius 3 is 2.79 bits per heavy atom. The Labute approximate surface area is 90.0 Å². The molecule has 0 fully saturated rings. The first-order valence-corrected chi connectivity index (χ1v) is 5.22. The van der Waals surface area contributed by atoms with E-state index in [2.05, 4.69) is 10.2 Å². The van der Waals surface area contributed by atoms with Crippen molar-refractivity contribution in [1.29, 1.82) is 0 Å². The van der Waals surface area contributed by atoms with Gasteiger partial charge in [0.15, 0.2) is 0 Å².